The van der Waals surface area contributed by atoms with Crippen LogP contribution in [0.5, 0.6) is 0 Å². The van der Waals surface area contributed by atoms with Crippen molar-refractivity contribution in [2.75, 3.05) is 45.9 Å². The Balaban J connectivity index is 4.24. The van der Waals surface area contributed by atoms with Gasteiger partial charge in [0.1, 0.15) is 5.60 Å². The molecule has 0 bridgehead atoms. The predicted octanol–water partition coefficient (Wildman–Crippen LogP) is 2.62. The van der Waals surface area contributed by atoms with Gasteiger partial charge in [-0.1, -0.05) is 0 Å². The van der Waals surface area contributed by atoms with E-state index in [0.717, 1.165) is 45.1 Å². The first kappa shape index (κ1) is 23.5. The second-order valence-corrected chi connectivity index (χ2v) is 6.65. The lowest BCUT2D eigenvalue weighted by molar-refractivity contribution is 0.0264. The van der Waals surface area contributed by atoms with E-state index < -0.39 is 5.60 Å². The first-order valence-electron chi connectivity index (χ1n) is 9.41. The molecule has 7 nitrogen and oxygen atoms in total. The fourth-order valence-corrected chi connectivity index (χ4v) is 2.01. The Labute approximate surface area is 153 Å². The molecule has 2 N–H and O–H groups in total. The zero-order chi connectivity index (χ0) is 19.1. The van der Waals surface area contributed by atoms with E-state index in [1.54, 1.807) is 4.90 Å². The molecule has 148 valence electrons. The van der Waals surface area contributed by atoms with Crippen molar-refractivity contribution >= 4 is 12.1 Å². The number of hydrogen-bond donors (Lipinski definition) is 2. The van der Waals surface area contributed by atoms with E-state index in [4.69, 9.17) is 9.47 Å². The van der Waals surface area contributed by atoms with Gasteiger partial charge in [-0.3, -0.25) is 4.99 Å². The van der Waals surface area contributed by atoms with Crippen LogP contribution >= 0.6 is 0 Å². The van der Waals surface area contributed by atoms with Crippen molar-refractivity contribution < 1.29 is 14.3 Å². The SMILES string of the molecule is CCNC(=NCCCCOCC)NCCN(CC)C(=O)OC(C)(C)C. The van der Waals surface area contributed by atoms with Crippen molar-refractivity contribution in [3.8, 4) is 0 Å². The maximum atomic E-state index is 12.1. The molecule has 0 aliphatic carbocycles. The van der Waals surface area contributed by atoms with Crippen molar-refractivity contribution in [3.63, 3.8) is 0 Å². The Morgan fingerprint density at radius 3 is 2.40 bits per heavy atom. The van der Waals surface area contributed by atoms with Gasteiger partial charge < -0.3 is 25.0 Å². The minimum absolute atomic E-state index is 0.283. The van der Waals surface area contributed by atoms with E-state index in [9.17, 15) is 4.79 Å². The normalized spacial score (nSPS) is 12.0. The highest BCUT2D eigenvalue weighted by atomic mass is 16.6. The average molecular weight is 359 g/mol. The minimum atomic E-state index is -0.476. The number of guanidine groups is 1. The summed E-state index contributed by atoms with van der Waals surface area (Å²) < 4.78 is 10.7. The molecule has 0 aromatic rings. The summed E-state index contributed by atoms with van der Waals surface area (Å²) in [5.41, 5.74) is -0.476. The maximum Gasteiger partial charge on any atom is 0.410 e. The lowest BCUT2D eigenvalue weighted by Gasteiger charge is -2.26. The molecule has 7 heteroatoms. The van der Waals surface area contributed by atoms with Gasteiger partial charge in [0, 0.05) is 45.9 Å². The zero-order valence-corrected chi connectivity index (χ0v) is 17.0. The van der Waals surface area contributed by atoms with Gasteiger partial charge in [-0.2, -0.15) is 0 Å². The van der Waals surface area contributed by atoms with Crippen LogP contribution in [0.25, 0.3) is 0 Å². The number of ether oxygens (including phenoxy) is 2. The first-order chi connectivity index (χ1) is 11.8. The van der Waals surface area contributed by atoms with Gasteiger partial charge in [0.05, 0.1) is 0 Å². The third-order valence-electron chi connectivity index (χ3n) is 3.22. The maximum absolute atomic E-state index is 12.1. The van der Waals surface area contributed by atoms with Crippen molar-refractivity contribution in [2.45, 2.75) is 60.0 Å². The Hall–Kier alpha value is -1.50. The fraction of sp³-hybridized carbons (Fsp3) is 0.889. The number of carbonyl (C=O) groups excluding carboxylic acids is 1. The van der Waals surface area contributed by atoms with Crippen LogP contribution in [0.3, 0.4) is 0 Å². The topological polar surface area (TPSA) is 75.2 Å². The van der Waals surface area contributed by atoms with Crippen LogP contribution in [0.1, 0.15) is 54.4 Å². The van der Waals surface area contributed by atoms with Crippen molar-refractivity contribution in [1.29, 1.82) is 0 Å². The number of amides is 1. The molecule has 0 spiro atoms. The van der Waals surface area contributed by atoms with Crippen LogP contribution in [-0.4, -0.2) is 68.5 Å². The van der Waals surface area contributed by atoms with Crippen molar-refractivity contribution in [1.82, 2.24) is 15.5 Å². The number of aliphatic imine (C=N–C) groups is 1. The molecule has 25 heavy (non-hydrogen) atoms. The molecule has 0 atom stereocenters. The average Bonchev–Trinajstić information content (AvgIpc) is 2.52. The molecule has 0 aliphatic heterocycles. The quantitative estimate of drug-likeness (QED) is 0.337. The summed E-state index contributed by atoms with van der Waals surface area (Å²) in [6.45, 7) is 16.5. The van der Waals surface area contributed by atoms with Crippen LogP contribution in [0, 0.1) is 0 Å². The molecular formula is C18H38N4O3. The number of carbonyl (C=O) groups is 1. The highest BCUT2D eigenvalue weighted by Crippen LogP contribution is 2.09. The molecule has 0 aliphatic rings. The highest BCUT2D eigenvalue weighted by molar-refractivity contribution is 5.79. The standard InChI is InChI=1S/C18H38N4O3/c1-7-19-16(20-12-10-11-15-24-9-3)21-13-14-22(8-2)17(23)25-18(4,5)6/h7-15H2,1-6H3,(H2,19,20,21). The van der Waals surface area contributed by atoms with Crippen molar-refractivity contribution in [3.05, 3.63) is 0 Å². The summed E-state index contributed by atoms with van der Waals surface area (Å²) in [7, 11) is 0. The van der Waals surface area contributed by atoms with Gasteiger partial charge in [-0.25, -0.2) is 4.79 Å². The van der Waals surface area contributed by atoms with Crippen LogP contribution < -0.4 is 10.6 Å². The molecule has 0 fully saturated rings. The molecule has 0 radical (unpaired) electrons. The Bertz CT molecular complexity index is 381. The number of rotatable bonds is 11. The molecular weight excluding hydrogens is 320 g/mol. The number of nitrogens with one attached hydrogen (secondary N) is 2. The molecule has 1 amide bonds. The molecule has 0 aromatic carbocycles. The summed E-state index contributed by atoms with van der Waals surface area (Å²) in [4.78, 5) is 18.3. The summed E-state index contributed by atoms with van der Waals surface area (Å²) in [5, 5.41) is 6.48. The van der Waals surface area contributed by atoms with Gasteiger partial charge in [-0.05, 0) is 54.4 Å². The lowest BCUT2D eigenvalue weighted by Crippen LogP contribution is -2.44. The van der Waals surface area contributed by atoms with Crippen LogP contribution in [-0.2, 0) is 9.47 Å². The third kappa shape index (κ3) is 13.5. The van der Waals surface area contributed by atoms with E-state index in [-0.39, 0.29) is 6.09 Å². The van der Waals surface area contributed by atoms with Gasteiger partial charge in [0.2, 0.25) is 0 Å². The van der Waals surface area contributed by atoms with E-state index in [1.807, 2.05) is 41.5 Å². The van der Waals surface area contributed by atoms with Crippen LogP contribution in [0.15, 0.2) is 4.99 Å². The molecule has 0 saturated heterocycles. The van der Waals surface area contributed by atoms with Crippen molar-refractivity contribution in [2.24, 2.45) is 4.99 Å². The Morgan fingerprint density at radius 2 is 1.84 bits per heavy atom. The molecule has 0 saturated carbocycles. The second kappa shape index (κ2) is 13.8. The van der Waals surface area contributed by atoms with Crippen LogP contribution in [0.4, 0.5) is 4.79 Å². The Morgan fingerprint density at radius 1 is 1.12 bits per heavy atom. The largest absolute Gasteiger partial charge is 0.444 e. The van der Waals surface area contributed by atoms with Gasteiger partial charge in [-0.15, -0.1) is 0 Å². The number of unbranched alkanes of at least 4 members (excludes halogenated alkanes) is 1. The van der Waals surface area contributed by atoms with Gasteiger partial charge >= 0.3 is 6.09 Å². The highest BCUT2D eigenvalue weighted by Gasteiger charge is 2.20. The smallest absolute Gasteiger partial charge is 0.410 e. The predicted molar refractivity (Wildman–Crippen MR) is 103 cm³/mol. The van der Waals surface area contributed by atoms with E-state index >= 15 is 0 Å². The summed E-state index contributed by atoms with van der Waals surface area (Å²) in [6.07, 6.45) is 1.73. The molecule has 0 heterocycles. The fourth-order valence-electron chi connectivity index (χ4n) is 2.01. The third-order valence-corrected chi connectivity index (χ3v) is 3.22. The number of hydrogen-bond acceptors (Lipinski definition) is 4. The lowest BCUT2D eigenvalue weighted by atomic mass is 10.2. The zero-order valence-electron chi connectivity index (χ0n) is 17.0. The monoisotopic (exact) mass is 358 g/mol. The molecule has 0 unspecified atom stereocenters. The van der Waals surface area contributed by atoms with E-state index in [0.29, 0.717) is 19.6 Å². The molecule has 0 rings (SSSR count). The summed E-state index contributed by atoms with van der Waals surface area (Å²) in [5.74, 6) is 0.777. The minimum Gasteiger partial charge on any atom is -0.444 e. The molecule has 0 aromatic heterocycles. The number of nitrogens with zero attached hydrogens (tertiary/aromatic N) is 2. The van der Waals surface area contributed by atoms with Gasteiger partial charge in [0.15, 0.2) is 5.96 Å². The number of likely N-dealkylation sites (N-methyl/N-ethyl adjacent to an activating group) is 1. The summed E-state index contributed by atoms with van der Waals surface area (Å²) in [6, 6.07) is 0. The van der Waals surface area contributed by atoms with Crippen LogP contribution in [0.2, 0.25) is 0 Å². The first-order valence-corrected chi connectivity index (χ1v) is 9.41. The van der Waals surface area contributed by atoms with E-state index in [1.165, 1.54) is 0 Å². The second-order valence-electron chi connectivity index (χ2n) is 6.65. The summed E-state index contributed by atoms with van der Waals surface area (Å²) >= 11 is 0. The van der Waals surface area contributed by atoms with Gasteiger partial charge in [0.25, 0.3) is 0 Å². The Kier molecular flexibility index (Phi) is 12.9. The van der Waals surface area contributed by atoms with E-state index in [2.05, 4.69) is 15.6 Å².